The Labute approximate surface area is 120 Å². The number of hydrogen-bond acceptors (Lipinski definition) is 2. The van der Waals surface area contributed by atoms with Crippen LogP contribution in [0.15, 0.2) is 24.3 Å². The second-order valence-electron chi connectivity index (χ2n) is 5.42. The molecule has 2 N–H and O–H groups in total. The third-order valence-corrected chi connectivity index (χ3v) is 3.58. The fourth-order valence-electron chi connectivity index (χ4n) is 1.80. The van der Waals surface area contributed by atoms with E-state index in [1.54, 1.807) is 4.90 Å². The van der Waals surface area contributed by atoms with Gasteiger partial charge in [0.05, 0.1) is 6.04 Å². The van der Waals surface area contributed by atoms with E-state index in [0.717, 1.165) is 5.56 Å². The third-order valence-electron chi connectivity index (χ3n) is 3.21. The van der Waals surface area contributed by atoms with Crippen molar-refractivity contribution in [2.24, 2.45) is 11.7 Å². The van der Waals surface area contributed by atoms with Crippen molar-refractivity contribution < 1.29 is 4.79 Å². The number of amides is 1. The Morgan fingerprint density at radius 2 is 1.84 bits per heavy atom. The van der Waals surface area contributed by atoms with Crippen LogP contribution in [0, 0.1) is 5.92 Å². The van der Waals surface area contributed by atoms with E-state index in [-0.39, 0.29) is 17.9 Å². The number of hydrogen-bond donors (Lipinski definition) is 1. The Morgan fingerprint density at radius 3 is 2.32 bits per heavy atom. The Morgan fingerprint density at radius 1 is 1.26 bits per heavy atom. The summed E-state index contributed by atoms with van der Waals surface area (Å²) in [6.07, 6.45) is 0. The molecule has 3 nitrogen and oxygen atoms in total. The molecule has 0 radical (unpaired) electrons. The molecule has 0 aliphatic carbocycles. The molecule has 0 aromatic heterocycles. The molecule has 1 unspecified atom stereocenters. The maximum absolute atomic E-state index is 12.4. The molecule has 1 rings (SSSR count). The number of halogens is 1. The van der Waals surface area contributed by atoms with E-state index in [0.29, 0.717) is 11.6 Å². The topological polar surface area (TPSA) is 46.3 Å². The van der Waals surface area contributed by atoms with Crippen LogP contribution in [0.3, 0.4) is 0 Å². The maximum atomic E-state index is 12.4. The fraction of sp³-hybridized carbons (Fsp3) is 0.533. The van der Waals surface area contributed by atoms with E-state index in [1.165, 1.54) is 0 Å². The molecule has 19 heavy (non-hydrogen) atoms. The molecule has 0 fully saturated rings. The molecule has 0 aliphatic rings. The number of nitrogens with zero attached hydrogens (tertiary/aromatic N) is 1. The molecule has 0 heterocycles. The molecule has 0 bridgehead atoms. The lowest BCUT2D eigenvalue weighted by Crippen LogP contribution is -2.48. The van der Waals surface area contributed by atoms with Crippen molar-refractivity contribution in [3.05, 3.63) is 34.9 Å². The second-order valence-corrected chi connectivity index (χ2v) is 5.83. The second kappa shape index (κ2) is 6.92. The number of nitrogens with two attached hydrogens (primary N) is 1. The first kappa shape index (κ1) is 16.0. The molecular weight excluding hydrogens is 260 g/mol. The summed E-state index contributed by atoms with van der Waals surface area (Å²) >= 11 is 6.15. The van der Waals surface area contributed by atoms with Crippen LogP contribution in [-0.2, 0) is 11.3 Å². The van der Waals surface area contributed by atoms with Crippen molar-refractivity contribution in [1.29, 1.82) is 0 Å². The molecule has 4 heteroatoms. The summed E-state index contributed by atoms with van der Waals surface area (Å²) in [7, 11) is 0. The van der Waals surface area contributed by atoms with E-state index < -0.39 is 6.04 Å². The summed E-state index contributed by atoms with van der Waals surface area (Å²) in [6, 6.07) is 7.20. The van der Waals surface area contributed by atoms with E-state index >= 15 is 0 Å². The van der Waals surface area contributed by atoms with E-state index in [2.05, 4.69) is 0 Å². The largest absolute Gasteiger partial charge is 0.335 e. The third kappa shape index (κ3) is 4.22. The summed E-state index contributed by atoms with van der Waals surface area (Å²) in [5.41, 5.74) is 6.91. The average molecular weight is 283 g/mol. The van der Waals surface area contributed by atoms with Gasteiger partial charge in [-0.25, -0.2) is 0 Å². The van der Waals surface area contributed by atoms with Crippen LogP contribution in [0.4, 0.5) is 0 Å². The van der Waals surface area contributed by atoms with Crippen LogP contribution < -0.4 is 5.73 Å². The molecule has 1 aromatic rings. The predicted octanol–water partition coefficient (Wildman–Crippen LogP) is 3.06. The molecule has 1 aromatic carbocycles. The van der Waals surface area contributed by atoms with Crippen LogP contribution in [0.5, 0.6) is 0 Å². The summed E-state index contributed by atoms with van der Waals surface area (Å²) in [5, 5.41) is 0.680. The first-order valence-electron chi connectivity index (χ1n) is 6.64. The fourth-order valence-corrected chi connectivity index (χ4v) is 2.00. The molecular formula is C15H23ClN2O. The normalized spacial score (nSPS) is 12.8. The van der Waals surface area contributed by atoms with Gasteiger partial charge in [-0.2, -0.15) is 0 Å². The first-order valence-corrected chi connectivity index (χ1v) is 7.01. The monoisotopic (exact) mass is 282 g/mol. The van der Waals surface area contributed by atoms with Crippen molar-refractivity contribution in [3.8, 4) is 0 Å². The van der Waals surface area contributed by atoms with Crippen molar-refractivity contribution in [1.82, 2.24) is 4.90 Å². The number of rotatable bonds is 5. The maximum Gasteiger partial charge on any atom is 0.240 e. The van der Waals surface area contributed by atoms with E-state index in [9.17, 15) is 4.79 Å². The highest BCUT2D eigenvalue weighted by Gasteiger charge is 2.25. The van der Waals surface area contributed by atoms with Crippen LogP contribution in [0.2, 0.25) is 5.02 Å². The van der Waals surface area contributed by atoms with Gasteiger partial charge in [0.15, 0.2) is 0 Å². The minimum absolute atomic E-state index is 0.0232. The summed E-state index contributed by atoms with van der Waals surface area (Å²) in [6.45, 7) is 8.38. The van der Waals surface area contributed by atoms with Gasteiger partial charge in [0, 0.05) is 17.6 Å². The Kier molecular flexibility index (Phi) is 5.83. The average Bonchev–Trinajstić information content (AvgIpc) is 2.35. The smallest absolute Gasteiger partial charge is 0.240 e. The molecule has 0 saturated heterocycles. The zero-order valence-electron chi connectivity index (χ0n) is 12.1. The van der Waals surface area contributed by atoms with Gasteiger partial charge in [-0.1, -0.05) is 43.6 Å². The summed E-state index contributed by atoms with van der Waals surface area (Å²) in [4.78, 5) is 14.2. The molecule has 0 spiro atoms. The minimum Gasteiger partial charge on any atom is -0.335 e. The first-order chi connectivity index (χ1) is 8.84. The van der Waals surface area contributed by atoms with Crippen molar-refractivity contribution in [3.63, 3.8) is 0 Å². The van der Waals surface area contributed by atoms with Gasteiger partial charge in [-0.3, -0.25) is 4.79 Å². The van der Waals surface area contributed by atoms with Gasteiger partial charge >= 0.3 is 0 Å². The van der Waals surface area contributed by atoms with E-state index in [4.69, 9.17) is 17.3 Å². The zero-order chi connectivity index (χ0) is 14.6. The highest BCUT2D eigenvalue weighted by molar-refractivity contribution is 6.31. The summed E-state index contributed by atoms with van der Waals surface area (Å²) in [5.74, 6) is 0.102. The predicted molar refractivity (Wildman–Crippen MR) is 80.0 cm³/mol. The lowest BCUT2D eigenvalue weighted by molar-refractivity contribution is -0.136. The molecule has 0 saturated carbocycles. The Bertz CT molecular complexity index is 432. The standard InChI is InChI=1S/C15H23ClN2O/c1-10(2)14(17)15(19)18(11(3)4)9-12-7-5-6-8-13(12)16/h5-8,10-11,14H,9,17H2,1-4H3. The van der Waals surface area contributed by atoms with Gasteiger partial charge < -0.3 is 10.6 Å². The van der Waals surface area contributed by atoms with Crippen LogP contribution >= 0.6 is 11.6 Å². The van der Waals surface area contributed by atoms with Crippen LogP contribution in [0.25, 0.3) is 0 Å². The lowest BCUT2D eigenvalue weighted by Gasteiger charge is -2.31. The highest BCUT2D eigenvalue weighted by atomic mass is 35.5. The minimum atomic E-state index is -0.468. The van der Waals surface area contributed by atoms with Gasteiger partial charge in [0.25, 0.3) is 0 Å². The highest BCUT2D eigenvalue weighted by Crippen LogP contribution is 2.19. The Balaban J connectivity index is 2.91. The zero-order valence-corrected chi connectivity index (χ0v) is 12.8. The Hall–Kier alpha value is -1.06. The number of carbonyl (C=O) groups is 1. The van der Waals surface area contributed by atoms with E-state index in [1.807, 2.05) is 52.0 Å². The molecule has 1 atom stereocenters. The SMILES string of the molecule is CC(C)C(N)C(=O)N(Cc1ccccc1Cl)C(C)C. The lowest BCUT2D eigenvalue weighted by atomic mass is 10.0. The number of benzene rings is 1. The number of carbonyl (C=O) groups excluding carboxylic acids is 1. The van der Waals surface area contributed by atoms with Gasteiger partial charge in [0.1, 0.15) is 0 Å². The quantitative estimate of drug-likeness (QED) is 0.902. The van der Waals surface area contributed by atoms with Gasteiger partial charge in [0.2, 0.25) is 5.91 Å². The van der Waals surface area contributed by atoms with Crippen LogP contribution in [0.1, 0.15) is 33.3 Å². The molecule has 106 valence electrons. The van der Waals surface area contributed by atoms with Crippen molar-refractivity contribution in [2.45, 2.75) is 46.3 Å². The molecule has 0 aliphatic heterocycles. The van der Waals surface area contributed by atoms with Gasteiger partial charge in [-0.15, -0.1) is 0 Å². The van der Waals surface area contributed by atoms with Crippen LogP contribution in [-0.4, -0.2) is 22.9 Å². The van der Waals surface area contributed by atoms with Crippen molar-refractivity contribution >= 4 is 17.5 Å². The van der Waals surface area contributed by atoms with Gasteiger partial charge in [-0.05, 0) is 31.4 Å². The molecule has 1 amide bonds. The van der Waals surface area contributed by atoms with Crippen molar-refractivity contribution in [2.75, 3.05) is 0 Å². The summed E-state index contributed by atoms with van der Waals surface area (Å²) < 4.78 is 0.